The molecule has 0 aliphatic rings. The lowest BCUT2D eigenvalue weighted by atomic mass is 10.1. The van der Waals surface area contributed by atoms with Gasteiger partial charge in [0.15, 0.2) is 0 Å². The van der Waals surface area contributed by atoms with Crippen LogP contribution < -0.4 is 11.0 Å². The number of imidazole rings is 1. The molecule has 3 rings (SSSR count). The van der Waals surface area contributed by atoms with Gasteiger partial charge in [-0.1, -0.05) is 36.4 Å². The Balaban J connectivity index is 1.53. The molecule has 0 aliphatic heterocycles. The fourth-order valence-corrected chi connectivity index (χ4v) is 2.79. The van der Waals surface area contributed by atoms with Crippen molar-refractivity contribution in [3.63, 3.8) is 0 Å². The Hall–Kier alpha value is -3.02. The van der Waals surface area contributed by atoms with Gasteiger partial charge in [0.2, 0.25) is 0 Å². The second kappa shape index (κ2) is 7.25. The molecule has 3 aromatic rings. The van der Waals surface area contributed by atoms with Gasteiger partial charge in [-0.2, -0.15) is 0 Å². The summed E-state index contributed by atoms with van der Waals surface area (Å²) >= 11 is 0. The van der Waals surface area contributed by atoms with Gasteiger partial charge in [0.25, 0.3) is 0 Å². The summed E-state index contributed by atoms with van der Waals surface area (Å²) in [6, 6.07) is 15.4. The van der Waals surface area contributed by atoms with Gasteiger partial charge < -0.3 is 10.1 Å². The molecule has 2 aromatic carbocycles. The highest BCUT2D eigenvalue weighted by Gasteiger charge is 2.08. The number of aromatic nitrogens is 2. The van der Waals surface area contributed by atoms with Gasteiger partial charge in [0.05, 0.1) is 11.0 Å². The molecule has 0 unspecified atom stereocenters. The zero-order chi connectivity index (χ0) is 17.8. The number of rotatable bonds is 5. The van der Waals surface area contributed by atoms with Crippen LogP contribution >= 0.6 is 0 Å². The number of ether oxygens (including phenoxy) is 1. The minimum Gasteiger partial charge on any atom is -0.445 e. The van der Waals surface area contributed by atoms with Crippen LogP contribution in [0.15, 0.2) is 53.3 Å². The Morgan fingerprint density at radius 1 is 1.00 bits per heavy atom. The van der Waals surface area contributed by atoms with Crippen LogP contribution in [-0.4, -0.2) is 21.8 Å². The summed E-state index contributed by atoms with van der Waals surface area (Å²) in [7, 11) is 3.52. The summed E-state index contributed by atoms with van der Waals surface area (Å²) < 4.78 is 8.42. The third kappa shape index (κ3) is 3.74. The summed E-state index contributed by atoms with van der Waals surface area (Å²) in [4.78, 5) is 23.7. The molecule has 130 valence electrons. The number of amides is 1. The van der Waals surface area contributed by atoms with Crippen molar-refractivity contribution in [3.05, 3.63) is 70.1 Å². The molecule has 1 heterocycles. The molecule has 25 heavy (non-hydrogen) atoms. The highest BCUT2D eigenvalue weighted by atomic mass is 16.5. The predicted molar refractivity (Wildman–Crippen MR) is 96.5 cm³/mol. The van der Waals surface area contributed by atoms with Gasteiger partial charge >= 0.3 is 11.8 Å². The lowest BCUT2D eigenvalue weighted by molar-refractivity contribution is 0.140. The molecular formula is C19H21N3O3. The summed E-state index contributed by atoms with van der Waals surface area (Å²) in [6.07, 6.45) is 0.233. The number of benzene rings is 2. The molecule has 1 aromatic heterocycles. The SMILES string of the molecule is Cn1c(=O)n(C)c2cc(CCNC(=O)OCc3ccccc3)ccc21. The second-order valence-electron chi connectivity index (χ2n) is 5.96. The lowest BCUT2D eigenvalue weighted by Crippen LogP contribution is -2.26. The molecule has 6 heteroatoms. The number of fused-ring (bicyclic) bond motifs is 1. The molecule has 0 radical (unpaired) electrons. The third-order valence-electron chi connectivity index (χ3n) is 4.23. The maximum atomic E-state index is 11.9. The standard InChI is InChI=1S/C19H21N3O3/c1-21-16-9-8-14(12-17(16)22(2)19(21)24)10-11-20-18(23)25-13-15-6-4-3-5-7-15/h3-9,12H,10-11,13H2,1-2H3,(H,20,23). The molecule has 0 spiro atoms. The molecular weight excluding hydrogens is 318 g/mol. The molecule has 0 atom stereocenters. The lowest BCUT2D eigenvalue weighted by Gasteiger charge is -2.07. The number of nitrogens with zero attached hydrogens (tertiary/aromatic N) is 2. The first-order valence-electron chi connectivity index (χ1n) is 8.15. The Morgan fingerprint density at radius 3 is 2.48 bits per heavy atom. The summed E-state index contributed by atoms with van der Waals surface area (Å²) in [6.45, 7) is 0.727. The van der Waals surface area contributed by atoms with Crippen molar-refractivity contribution in [2.45, 2.75) is 13.0 Å². The van der Waals surface area contributed by atoms with Crippen LogP contribution in [-0.2, 0) is 31.9 Å². The second-order valence-corrected chi connectivity index (χ2v) is 5.96. The van der Waals surface area contributed by atoms with Crippen molar-refractivity contribution in [2.24, 2.45) is 14.1 Å². The quantitative estimate of drug-likeness (QED) is 0.776. The number of hydrogen-bond donors (Lipinski definition) is 1. The van der Waals surface area contributed by atoms with E-state index in [1.54, 1.807) is 23.2 Å². The number of carbonyl (C=O) groups excluding carboxylic acids is 1. The molecule has 6 nitrogen and oxygen atoms in total. The van der Waals surface area contributed by atoms with Crippen LogP contribution in [0.1, 0.15) is 11.1 Å². The van der Waals surface area contributed by atoms with E-state index in [1.807, 2.05) is 48.5 Å². The smallest absolute Gasteiger partial charge is 0.407 e. The van der Waals surface area contributed by atoms with Crippen LogP contribution in [0.5, 0.6) is 0 Å². The fraction of sp³-hybridized carbons (Fsp3) is 0.263. The van der Waals surface area contributed by atoms with Crippen LogP contribution in [0.25, 0.3) is 11.0 Å². The fourth-order valence-electron chi connectivity index (χ4n) is 2.79. The number of aryl methyl sites for hydroxylation is 2. The van der Waals surface area contributed by atoms with E-state index in [-0.39, 0.29) is 12.3 Å². The van der Waals surface area contributed by atoms with Gasteiger partial charge in [-0.3, -0.25) is 9.13 Å². The van der Waals surface area contributed by atoms with Crippen molar-refractivity contribution in [1.82, 2.24) is 14.5 Å². The average Bonchev–Trinajstić information content (AvgIpc) is 2.85. The zero-order valence-electron chi connectivity index (χ0n) is 14.4. The van der Waals surface area contributed by atoms with Crippen molar-refractivity contribution in [3.8, 4) is 0 Å². The largest absolute Gasteiger partial charge is 0.445 e. The maximum Gasteiger partial charge on any atom is 0.407 e. The average molecular weight is 339 g/mol. The van der Waals surface area contributed by atoms with E-state index in [0.29, 0.717) is 13.0 Å². The summed E-state index contributed by atoms with van der Waals surface area (Å²) in [5, 5.41) is 2.75. The van der Waals surface area contributed by atoms with E-state index >= 15 is 0 Å². The summed E-state index contributed by atoms with van der Waals surface area (Å²) in [5.41, 5.74) is 3.74. The van der Waals surface area contributed by atoms with Crippen molar-refractivity contribution < 1.29 is 9.53 Å². The molecule has 0 bridgehead atoms. The molecule has 0 aliphatic carbocycles. The highest BCUT2D eigenvalue weighted by Crippen LogP contribution is 2.14. The Morgan fingerprint density at radius 2 is 1.72 bits per heavy atom. The molecule has 0 saturated carbocycles. The molecule has 0 fully saturated rings. The first-order valence-corrected chi connectivity index (χ1v) is 8.15. The predicted octanol–water partition coefficient (Wildman–Crippen LogP) is 2.35. The van der Waals surface area contributed by atoms with E-state index < -0.39 is 6.09 Å². The Labute approximate surface area is 145 Å². The number of carbonyl (C=O) groups is 1. The van der Waals surface area contributed by atoms with Crippen LogP contribution in [0.4, 0.5) is 4.79 Å². The topological polar surface area (TPSA) is 65.3 Å². The van der Waals surface area contributed by atoms with Crippen molar-refractivity contribution in [1.29, 1.82) is 0 Å². The van der Waals surface area contributed by atoms with E-state index in [1.165, 1.54) is 0 Å². The van der Waals surface area contributed by atoms with E-state index in [4.69, 9.17) is 4.74 Å². The molecule has 1 N–H and O–H groups in total. The number of nitrogens with one attached hydrogen (secondary N) is 1. The van der Waals surface area contributed by atoms with Crippen LogP contribution in [0.2, 0.25) is 0 Å². The summed E-state index contributed by atoms with van der Waals surface area (Å²) in [5.74, 6) is 0. The Bertz CT molecular complexity index is 942. The molecule has 1 amide bonds. The van der Waals surface area contributed by atoms with Gasteiger partial charge in [0.1, 0.15) is 6.61 Å². The van der Waals surface area contributed by atoms with Gasteiger partial charge in [-0.05, 0) is 29.7 Å². The van der Waals surface area contributed by atoms with Crippen molar-refractivity contribution >= 4 is 17.1 Å². The van der Waals surface area contributed by atoms with E-state index in [9.17, 15) is 9.59 Å². The first kappa shape index (κ1) is 16.8. The minimum absolute atomic E-state index is 0.0465. The first-order chi connectivity index (χ1) is 12.1. The maximum absolute atomic E-state index is 11.9. The Kier molecular flexibility index (Phi) is 4.88. The van der Waals surface area contributed by atoms with Gasteiger partial charge in [-0.15, -0.1) is 0 Å². The van der Waals surface area contributed by atoms with Gasteiger partial charge in [0, 0.05) is 20.6 Å². The number of alkyl carbamates (subject to hydrolysis) is 1. The van der Waals surface area contributed by atoms with E-state index in [0.717, 1.165) is 22.2 Å². The monoisotopic (exact) mass is 339 g/mol. The minimum atomic E-state index is -0.433. The zero-order valence-corrected chi connectivity index (χ0v) is 14.4. The van der Waals surface area contributed by atoms with Crippen molar-refractivity contribution in [2.75, 3.05) is 6.54 Å². The molecule has 0 saturated heterocycles. The van der Waals surface area contributed by atoms with Crippen LogP contribution in [0, 0.1) is 0 Å². The third-order valence-corrected chi connectivity index (χ3v) is 4.23. The highest BCUT2D eigenvalue weighted by molar-refractivity contribution is 5.76. The van der Waals surface area contributed by atoms with Crippen LogP contribution in [0.3, 0.4) is 0 Å². The van der Waals surface area contributed by atoms with E-state index in [2.05, 4.69) is 5.32 Å². The van der Waals surface area contributed by atoms with Gasteiger partial charge in [-0.25, -0.2) is 9.59 Å². The number of hydrogen-bond acceptors (Lipinski definition) is 3. The normalized spacial score (nSPS) is 10.8.